The molecule has 0 spiro atoms. The molecule has 0 saturated heterocycles. The summed E-state index contributed by atoms with van der Waals surface area (Å²) in [7, 11) is -4.34. The molecule has 0 aromatic carbocycles. The first kappa shape index (κ1) is 33.6. The minimum atomic E-state index is -4.34. The molecule has 1 amide bonds. The van der Waals surface area contributed by atoms with Crippen LogP contribution >= 0.6 is 0 Å². The lowest BCUT2D eigenvalue weighted by Crippen LogP contribution is -2.46. The molecular weight excluding hydrogens is 462 g/mol. The van der Waals surface area contributed by atoms with E-state index in [1.165, 1.54) is 57.4 Å². The van der Waals surface area contributed by atoms with Gasteiger partial charge in [-0.25, -0.2) is 0 Å². The van der Waals surface area contributed by atoms with Crippen LogP contribution in [-0.2, 0) is 14.9 Å². The summed E-state index contributed by atoms with van der Waals surface area (Å²) in [6.45, 7) is 4.22. The van der Waals surface area contributed by atoms with Crippen LogP contribution in [0.1, 0.15) is 117 Å². The molecule has 0 rings (SSSR count). The van der Waals surface area contributed by atoms with E-state index in [9.17, 15) is 22.9 Å². The Labute approximate surface area is 215 Å². The Morgan fingerprint density at radius 3 is 1.80 bits per heavy atom. The van der Waals surface area contributed by atoms with Gasteiger partial charge in [0, 0.05) is 6.42 Å². The Morgan fingerprint density at radius 2 is 1.29 bits per heavy atom. The van der Waals surface area contributed by atoms with Crippen molar-refractivity contribution in [3.63, 3.8) is 0 Å². The Bertz CT molecular complexity index is 700. The first-order valence-corrected chi connectivity index (χ1v) is 15.3. The predicted molar refractivity (Wildman–Crippen MR) is 147 cm³/mol. The van der Waals surface area contributed by atoms with E-state index in [4.69, 9.17) is 0 Å². The van der Waals surface area contributed by atoms with Crippen LogP contribution in [0.2, 0.25) is 0 Å². The van der Waals surface area contributed by atoms with Gasteiger partial charge in [-0.3, -0.25) is 9.35 Å². The average molecular weight is 514 g/mol. The zero-order valence-corrected chi connectivity index (χ0v) is 23.0. The molecule has 0 aliphatic rings. The lowest BCUT2D eigenvalue weighted by molar-refractivity contribution is -0.122. The number of rotatable bonds is 23. The maximum Gasteiger partial charge on any atom is 0.267 e. The topological polar surface area (TPSA) is 104 Å². The van der Waals surface area contributed by atoms with Gasteiger partial charge >= 0.3 is 0 Å². The van der Waals surface area contributed by atoms with Gasteiger partial charge in [0.1, 0.15) is 0 Å². The highest BCUT2D eigenvalue weighted by Crippen LogP contribution is 2.12. The summed E-state index contributed by atoms with van der Waals surface area (Å²) in [5.41, 5.74) is 0. The number of hydrogen-bond donors (Lipinski definition) is 3. The fraction of sp³-hybridized carbons (Fsp3) is 0.750. The fourth-order valence-corrected chi connectivity index (χ4v) is 4.57. The molecule has 6 nitrogen and oxygen atoms in total. The van der Waals surface area contributed by atoms with Crippen molar-refractivity contribution >= 4 is 16.0 Å². The van der Waals surface area contributed by atoms with Gasteiger partial charge in [-0.2, -0.15) is 8.42 Å². The van der Waals surface area contributed by atoms with Crippen molar-refractivity contribution in [3.8, 4) is 0 Å². The second kappa shape index (κ2) is 23.0. The molecule has 0 aromatic heterocycles. The van der Waals surface area contributed by atoms with Crippen LogP contribution in [0.5, 0.6) is 0 Å². The monoisotopic (exact) mass is 513 g/mol. The summed E-state index contributed by atoms with van der Waals surface area (Å²) in [5, 5.41) is 13.0. The van der Waals surface area contributed by atoms with Gasteiger partial charge in [-0.05, 0) is 39.0 Å². The number of amides is 1. The highest BCUT2D eigenvalue weighted by molar-refractivity contribution is 7.85. The molecule has 7 heteroatoms. The van der Waals surface area contributed by atoms with E-state index in [0.717, 1.165) is 38.5 Å². The molecule has 3 N–H and O–H groups in total. The Balaban J connectivity index is 4.21. The molecule has 35 heavy (non-hydrogen) atoms. The van der Waals surface area contributed by atoms with Crippen molar-refractivity contribution in [1.29, 1.82) is 0 Å². The fourth-order valence-electron chi connectivity index (χ4n) is 3.84. The normalized spacial score (nSPS) is 14.3. The first-order valence-electron chi connectivity index (χ1n) is 13.7. The van der Waals surface area contributed by atoms with Gasteiger partial charge in [0.25, 0.3) is 10.1 Å². The van der Waals surface area contributed by atoms with Crippen LogP contribution < -0.4 is 5.32 Å². The minimum absolute atomic E-state index is 0.285. The number of aliphatic hydroxyl groups is 1. The van der Waals surface area contributed by atoms with Gasteiger partial charge in [-0.1, -0.05) is 108 Å². The van der Waals surface area contributed by atoms with E-state index >= 15 is 0 Å². The van der Waals surface area contributed by atoms with Crippen LogP contribution in [0.15, 0.2) is 36.5 Å². The van der Waals surface area contributed by atoms with Crippen LogP contribution in [0.4, 0.5) is 0 Å². The smallest absolute Gasteiger partial charge is 0.267 e. The Kier molecular flexibility index (Phi) is 22.0. The molecule has 204 valence electrons. The molecule has 0 bridgehead atoms. The third-order valence-electron chi connectivity index (χ3n) is 5.89. The van der Waals surface area contributed by atoms with Crippen LogP contribution in [0, 0.1) is 0 Å². The van der Waals surface area contributed by atoms with Crippen molar-refractivity contribution in [2.24, 2.45) is 0 Å². The summed E-state index contributed by atoms with van der Waals surface area (Å²) >= 11 is 0. The van der Waals surface area contributed by atoms with E-state index in [-0.39, 0.29) is 12.3 Å². The van der Waals surface area contributed by atoms with E-state index < -0.39 is 28.0 Å². The van der Waals surface area contributed by atoms with Crippen molar-refractivity contribution in [2.75, 3.05) is 5.75 Å². The maximum atomic E-state index is 12.3. The van der Waals surface area contributed by atoms with Crippen LogP contribution in [-0.4, -0.2) is 41.9 Å². The lowest BCUT2D eigenvalue weighted by Gasteiger charge is -2.21. The number of carbonyl (C=O) groups excluding carboxylic acids is 1. The molecule has 0 radical (unpaired) electrons. The molecule has 0 aromatic rings. The van der Waals surface area contributed by atoms with Crippen LogP contribution in [0.25, 0.3) is 0 Å². The second-order valence-electron chi connectivity index (χ2n) is 9.32. The van der Waals surface area contributed by atoms with Crippen molar-refractivity contribution < 1.29 is 22.9 Å². The van der Waals surface area contributed by atoms with Gasteiger partial charge < -0.3 is 10.4 Å². The Hall–Kier alpha value is -1.44. The number of unbranched alkanes of at least 4 members (excludes halogenated alkanes) is 12. The third kappa shape index (κ3) is 24.0. The quantitative estimate of drug-likeness (QED) is 0.0804. The van der Waals surface area contributed by atoms with Gasteiger partial charge in [0.15, 0.2) is 0 Å². The lowest BCUT2D eigenvalue weighted by atomic mass is 10.0. The molecule has 0 aliphatic heterocycles. The minimum Gasteiger partial charge on any atom is -0.387 e. The maximum absolute atomic E-state index is 12.3. The second-order valence-corrected chi connectivity index (χ2v) is 10.8. The number of allylic oxidation sites excluding steroid dienone is 5. The highest BCUT2D eigenvalue weighted by atomic mass is 32.2. The summed E-state index contributed by atoms with van der Waals surface area (Å²) in [4.78, 5) is 12.3. The summed E-state index contributed by atoms with van der Waals surface area (Å²) < 4.78 is 32.0. The predicted octanol–water partition coefficient (Wildman–Crippen LogP) is 6.67. The van der Waals surface area contributed by atoms with Gasteiger partial charge in [0.2, 0.25) is 5.91 Å². The average Bonchev–Trinajstić information content (AvgIpc) is 2.80. The van der Waals surface area contributed by atoms with Crippen molar-refractivity contribution in [3.05, 3.63) is 36.5 Å². The molecule has 2 atom stereocenters. The summed E-state index contributed by atoms with van der Waals surface area (Å²) in [5.74, 6) is -1.01. The molecule has 0 aliphatic carbocycles. The zero-order chi connectivity index (χ0) is 26.2. The van der Waals surface area contributed by atoms with Crippen molar-refractivity contribution in [1.82, 2.24) is 5.32 Å². The van der Waals surface area contributed by atoms with Gasteiger partial charge in [-0.15, -0.1) is 0 Å². The zero-order valence-electron chi connectivity index (χ0n) is 22.2. The molecule has 0 saturated carbocycles. The highest BCUT2D eigenvalue weighted by Gasteiger charge is 2.24. The standard InChI is InChI=1S/C28H51NO5S/c1-3-5-7-9-11-13-14-16-18-20-22-24-28(31)29-26(25-35(32,33)34)27(30)23-21-19-17-15-12-10-8-6-4-2/h4,6,12,15,21,23,26-27,30H,3,5,7-11,13-14,16-20,22,24-25H2,1-2H3,(H,29,31)(H,32,33,34)/b6-4+,15-12+,23-21+. The number of hydrogen-bond acceptors (Lipinski definition) is 4. The SMILES string of the molecule is C/C=C/CC/C=C/CC/C=C/C(O)C(CS(=O)(=O)O)NC(=O)CCCCCCCCCCCCC. The van der Waals surface area contributed by atoms with E-state index in [1.807, 2.05) is 13.0 Å². The number of carbonyl (C=O) groups is 1. The number of aliphatic hydroxyl groups excluding tert-OH is 1. The molecule has 0 fully saturated rings. The summed E-state index contributed by atoms with van der Waals surface area (Å²) in [6.07, 6.45) is 27.2. The molecule has 0 heterocycles. The largest absolute Gasteiger partial charge is 0.387 e. The molecular formula is C28H51NO5S. The number of nitrogens with one attached hydrogen (secondary N) is 1. The van der Waals surface area contributed by atoms with E-state index in [1.54, 1.807) is 6.08 Å². The Morgan fingerprint density at radius 1 is 0.800 bits per heavy atom. The van der Waals surface area contributed by atoms with E-state index in [2.05, 4.69) is 30.5 Å². The summed E-state index contributed by atoms with van der Waals surface area (Å²) in [6, 6.07) is -1.07. The third-order valence-corrected chi connectivity index (χ3v) is 6.67. The van der Waals surface area contributed by atoms with Crippen molar-refractivity contribution in [2.45, 2.75) is 129 Å². The van der Waals surface area contributed by atoms with Gasteiger partial charge in [0.05, 0.1) is 17.9 Å². The van der Waals surface area contributed by atoms with E-state index in [0.29, 0.717) is 6.42 Å². The van der Waals surface area contributed by atoms with Crippen LogP contribution in [0.3, 0.4) is 0 Å². The first-order chi connectivity index (χ1) is 16.8. The molecule has 2 unspecified atom stereocenters.